The number of ether oxygens (including phenoxy) is 2. The third-order valence-corrected chi connectivity index (χ3v) is 2.63. The van der Waals surface area contributed by atoms with Crippen molar-refractivity contribution in [2.24, 2.45) is 0 Å². The Bertz CT molecular complexity index is 162. The van der Waals surface area contributed by atoms with Crippen molar-refractivity contribution in [3.8, 4) is 0 Å². The fraction of sp³-hybridized carbons (Fsp3) is 1.00. The molecule has 3 atom stereocenters. The van der Waals surface area contributed by atoms with E-state index in [9.17, 15) is 4.39 Å². The van der Waals surface area contributed by atoms with Crippen molar-refractivity contribution in [2.75, 3.05) is 13.7 Å². The van der Waals surface area contributed by atoms with E-state index >= 15 is 0 Å². The Balaban J connectivity index is 1.95. The van der Waals surface area contributed by atoms with E-state index in [1.54, 1.807) is 7.11 Å². The van der Waals surface area contributed by atoms with E-state index in [4.69, 9.17) is 9.47 Å². The predicted octanol–water partition coefficient (Wildman–Crippen LogP) is 1.29. The predicted molar refractivity (Wildman–Crippen MR) is 38.2 cm³/mol. The summed E-state index contributed by atoms with van der Waals surface area (Å²) in [5, 5.41) is 0. The topological polar surface area (TPSA) is 18.5 Å². The van der Waals surface area contributed by atoms with Gasteiger partial charge in [0.25, 0.3) is 0 Å². The highest BCUT2D eigenvalue weighted by Gasteiger charge is 2.58. The number of halogens is 1. The van der Waals surface area contributed by atoms with E-state index in [1.165, 1.54) is 0 Å². The third kappa shape index (κ3) is 1.16. The van der Waals surface area contributed by atoms with Crippen LogP contribution in [0.2, 0.25) is 0 Å². The molecule has 2 nitrogen and oxygen atoms in total. The molecule has 0 radical (unpaired) electrons. The van der Waals surface area contributed by atoms with Crippen LogP contribution >= 0.6 is 0 Å². The van der Waals surface area contributed by atoms with E-state index in [0.717, 1.165) is 6.42 Å². The summed E-state index contributed by atoms with van der Waals surface area (Å²) < 4.78 is 23.5. The molecule has 1 heterocycles. The third-order valence-electron chi connectivity index (χ3n) is 2.63. The Morgan fingerprint density at radius 1 is 1.55 bits per heavy atom. The van der Waals surface area contributed by atoms with Crippen molar-refractivity contribution < 1.29 is 13.9 Å². The first-order valence-electron chi connectivity index (χ1n) is 4.08. The average Bonchev–Trinajstić information content (AvgIpc) is 2.63. The van der Waals surface area contributed by atoms with E-state index in [0.29, 0.717) is 19.4 Å². The highest BCUT2D eigenvalue weighted by Crippen LogP contribution is 2.48. The molecule has 1 aliphatic carbocycles. The lowest BCUT2D eigenvalue weighted by molar-refractivity contribution is -0.0650. The first kappa shape index (κ1) is 7.50. The van der Waals surface area contributed by atoms with Crippen LogP contribution in [-0.4, -0.2) is 31.6 Å². The van der Waals surface area contributed by atoms with Crippen molar-refractivity contribution in [1.82, 2.24) is 0 Å². The first-order chi connectivity index (χ1) is 5.27. The van der Waals surface area contributed by atoms with Crippen LogP contribution in [0.3, 0.4) is 0 Å². The minimum Gasteiger partial charge on any atom is -0.378 e. The molecule has 64 valence electrons. The van der Waals surface area contributed by atoms with Gasteiger partial charge in [-0.3, -0.25) is 0 Å². The summed E-state index contributed by atoms with van der Waals surface area (Å²) in [6, 6.07) is 0. The molecule has 0 aromatic rings. The van der Waals surface area contributed by atoms with Gasteiger partial charge in [0, 0.05) is 26.4 Å². The number of alkyl halides is 1. The van der Waals surface area contributed by atoms with Crippen LogP contribution in [0.1, 0.15) is 19.3 Å². The van der Waals surface area contributed by atoms with Crippen molar-refractivity contribution in [3.05, 3.63) is 0 Å². The second kappa shape index (κ2) is 2.42. The molecular weight excluding hydrogens is 147 g/mol. The number of rotatable bonds is 1. The molecule has 1 saturated heterocycles. The van der Waals surface area contributed by atoms with Crippen LogP contribution in [-0.2, 0) is 9.47 Å². The normalized spacial score (nSPS) is 49.6. The van der Waals surface area contributed by atoms with Crippen LogP contribution in [0.15, 0.2) is 0 Å². The fourth-order valence-corrected chi connectivity index (χ4v) is 1.85. The maximum absolute atomic E-state index is 12.9. The Kier molecular flexibility index (Phi) is 1.65. The monoisotopic (exact) mass is 160 g/mol. The number of hydrogen-bond acceptors (Lipinski definition) is 2. The average molecular weight is 160 g/mol. The van der Waals surface area contributed by atoms with Gasteiger partial charge in [0.05, 0.1) is 18.3 Å². The molecule has 1 saturated carbocycles. The molecule has 3 heteroatoms. The Labute approximate surface area is 65.7 Å². The van der Waals surface area contributed by atoms with Crippen molar-refractivity contribution in [3.63, 3.8) is 0 Å². The smallest absolute Gasteiger partial charge is 0.105 e. The van der Waals surface area contributed by atoms with Gasteiger partial charge in [0.1, 0.15) is 6.17 Å². The van der Waals surface area contributed by atoms with Gasteiger partial charge in [-0.05, 0) is 0 Å². The van der Waals surface area contributed by atoms with Crippen molar-refractivity contribution >= 4 is 0 Å². The molecule has 1 unspecified atom stereocenters. The molecule has 0 bridgehead atoms. The Morgan fingerprint density at radius 2 is 2.36 bits per heavy atom. The van der Waals surface area contributed by atoms with E-state index in [2.05, 4.69) is 0 Å². The maximum atomic E-state index is 12.9. The molecule has 2 fully saturated rings. The Morgan fingerprint density at radius 3 is 2.91 bits per heavy atom. The summed E-state index contributed by atoms with van der Waals surface area (Å²) >= 11 is 0. The quantitative estimate of drug-likeness (QED) is 0.575. The van der Waals surface area contributed by atoms with E-state index < -0.39 is 6.17 Å². The van der Waals surface area contributed by atoms with Gasteiger partial charge in [0.15, 0.2) is 0 Å². The molecule has 2 rings (SSSR count). The summed E-state index contributed by atoms with van der Waals surface area (Å²) in [4.78, 5) is 0. The van der Waals surface area contributed by atoms with Gasteiger partial charge >= 0.3 is 0 Å². The molecular formula is C8H13FO2. The second-order valence-electron chi connectivity index (χ2n) is 3.43. The van der Waals surface area contributed by atoms with Crippen LogP contribution in [0, 0.1) is 0 Å². The highest BCUT2D eigenvalue weighted by molar-refractivity contribution is 5.09. The molecule has 0 amide bonds. The molecule has 0 aromatic heterocycles. The molecule has 1 spiro atoms. The second-order valence-corrected chi connectivity index (χ2v) is 3.43. The number of methoxy groups -OCH3 is 1. The molecule has 0 N–H and O–H groups in total. The largest absolute Gasteiger partial charge is 0.378 e. The molecule has 1 aliphatic heterocycles. The summed E-state index contributed by atoms with van der Waals surface area (Å²) in [6.45, 7) is 0.557. The van der Waals surface area contributed by atoms with Gasteiger partial charge in [0.2, 0.25) is 0 Å². The van der Waals surface area contributed by atoms with Crippen LogP contribution in [0.25, 0.3) is 0 Å². The lowest BCUT2D eigenvalue weighted by atomic mass is 10.1. The Hall–Kier alpha value is -0.150. The lowest BCUT2D eigenvalue weighted by Crippen LogP contribution is -2.31. The van der Waals surface area contributed by atoms with Gasteiger partial charge in [-0.1, -0.05) is 0 Å². The van der Waals surface area contributed by atoms with Crippen LogP contribution < -0.4 is 0 Å². The summed E-state index contributed by atoms with van der Waals surface area (Å²) in [5.41, 5.74) is -0.230. The number of hydrogen-bond donors (Lipinski definition) is 0. The minimum absolute atomic E-state index is 0.154. The minimum atomic E-state index is -0.677. The van der Waals surface area contributed by atoms with Crippen molar-refractivity contribution in [1.29, 1.82) is 0 Å². The van der Waals surface area contributed by atoms with Gasteiger partial charge in [-0.2, -0.15) is 0 Å². The van der Waals surface area contributed by atoms with Gasteiger partial charge in [-0.25, -0.2) is 4.39 Å². The molecule has 0 aromatic carbocycles. The van der Waals surface area contributed by atoms with Crippen LogP contribution in [0.4, 0.5) is 4.39 Å². The van der Waals surface area contributed by atoms with Gasteiger partial charge in [-0.15, -0.1) is 0 Å². The highest BCUT2D eigenvalue weighted by atomic mass is 19.1. The van der Waals surface area contributed by atoms with Gasteiger partial charge < -0.3 is 9.47 Å². The van der Waals surface area contributed by atoms with Crippen LogP contribution in [0.5, 0.6) is 0 Å². The lowest BCUT2D eigenvalue weighted by Gasteiger charge is -2.25. The standard InChI is InChI=1S/C8H13FO2/c1-10-7-5-8(7)4-6(9)2-3-11-8/h6-7H,2-5H2,1H3/t6-,7+,8?/m1/s1. The van der Waals surface area contributed by atoms with E-state index in [-0.39, 0.29) is 11.7 Å². The van der Waals surface area contributed by atoms with Crippen molar-refractivity contribution in [2.45, 2.75) is 37.1 Å². The zero-order valence-electron chi connectivity index (χ0n) is 6.68. The zero-order chi connectivity index (χ0) is 7.90. The zero-order valence-corrected chi connectivity index (χ0v) is 6.68. The molecule has 2 aliphatic rings. The maximum Gasteiger partial charge on any atom is 0.105 e. The summed E-state index contributed by atoms with van der Waals surface area (Å²) in [6.07, 6.45) is 1.44. The fourth-order valence-electron chi connectivity index (χ4n) is 1.85. The SMILES string of the molecule is CO[C@H]1CC12C[C@H](F)CCO2. The first-order valence-corrected chi connectivity index (χ1v) is 4.08. The molecule has 11 heavy (non-hydrogen) atoms. The summed E-state index contributed by atoms with van der Waals surface area (Å²) in [5.74, 6) is 0. The van der Waals surface area contributed by atoms with E-state index in [1.807, 2.05) is 0 Å². The summed E-state index contributed by atoms with van der Waals surface area (Å²) in [7, 11) is 1.66.